The van der Waals surface area contributed by atoms with Crippen LogP contribution in [0.5, 0.6) is 0 Å². The van der Waals surface area contributed by atoms with E-state index in [2.05, 4.69) is 37.5 Å². The van der Waals surface area contributed by atoms with Crippen molar-refractivity contribution in [2.24, 2.45) is 0 Å². The fourth-order valence-electron chi connectivity index (χ4n) is 3.02. The van der Waals surface area contributed by atoms with Crippen LogP contribution in [-0.2, 0) is 4.74 Å². The Bertz CT molecular complexity index is 837. The molecule has 146 valence electrons. The second kappa shape index (κ2) is 9.78. The zero-order chi connectivity index (χ0) is 19.8. The molecular formula is C20H25N7O. The highest BCUT2D eigenvalue weighted by molar-refractivity contribution is 5.70. The number of nitrogens with one attached hydrogen (secondary N) is 2. The minimum atomic E-state index is 0.279. The molecule has 0 atom stereocenters. The lowest BCUT2D eigenvalue weighted by atomic mass is 10.0. The smallest absolute Gasteiger partial charge is 0.158 e. The summed E-state index contributed by atoms with van der Waals surface area (Å²) in [5.74, 6) is 1.21. The Kier molecular flexibility index (Phi) is 6.89. The lowest BCUT2D eigenvalue weighted by Crippen LogP contribution is -2.36. The topological polar surface area (TPSA) is 99.0 Å². The van der Waals surface area contributed by atoms with Gasteiger partial charge in [0.25, 0.3) is 0 Å². The van der Waals surface area contributed by atoms with Crippen LogP contribution in [-0.4, -0.2) is 59.7 Å². The summed E-state index contributed by atoms with van der Waals surface area (Å²) in [6.07, 6.45) is 11.0. The van der Waals surface area contributed by atoms with Gasteiger partial charge in [-0.25, -0.2) is 15.0 Å². The highest BCUT2D eigenvalue weighted by Crippen LogP contribution is 2.25. The van der Waals surface area contributed by atoms with Gasteiger partial charge in [0.15, 0.2) is 5.69 Å². The Hall–Kier alpha value is -3.02. The van der Waals surface area contributed by atoms with Crippen LogP contribution in [0.15, 0.2) is 30.7 Å². The van der Waals surface area contributed by atoms with Crippen LogP contribution in [0.3, 0.4) is 0 Å². The second-order valence-electron chi connectivity index (χ2n) is 6.76. The van der Waals surface area contributed by atoms with Crippen LogP contribution in [0.4, 0.5) is 17.3 Å². The molecular weight excluding hydrogens is 354 g/mol. The molecule has 0 unspecified atom stereocenters. The van der Waals surface area contributed by atoms with Crippen molar-refractivity contribution in [1.82, 2.24) is 19.9 Å². The van der Waals surface area contributed by atoms with Crippen molar-refractivity contribution in [2.75, 3.05) is 44.5 Å². The van der Waals surface area contributed by atoms with Gasteiger partial charge >= 0.3 is 0 Å². The standard InChI is InChI=1S/C20H25N7O/c1-27-7-5-16(6-8-27)25-18-10-19(23-12-15(18)4-3-9-28-2)26-20-14-22-17(11-21)13-24-20/h3-4,10,12-14,16H,5-9H2,1-2H3,(H2,23,24,25,26). The predicted molar refractivity (Wildman–Crippen MR) is 109 cm³/mol. The fourth-order valence-corrected chi connectivity index (χ4v) is 3.02. The van der Waals surface area contributed by atoms with Gasteiger partial charge in [0.2, 0.25) is 0 Å². The lowest BCUT2D eigenvalue weighted by Gasteiger charge is -2.30. The molecule has 0 amide bonds. The van der Waals surface area contributed by atoms with Crippen LogP contribution in [0.2, 0.25) is 0 Å². The maximum Gasteiger partial charge on any atom is 0.158 e. The summed E-state index contributed by atoms with van der Waals surface area (Å²) in [6.45, 7) is 2.72. The van der Waals surface area contributed by atoms with Gasteiger partial charge in [-0.3, -0.25) is 0 Å². The maximum atomic E-state index is 8.83. The highest BCUT2D eigenvalue weighted by Gasteiger charge is 2.17. The minimum Gasteiger partial charge on any atom is -0.382 e. The number of aromatic nitrogens is 3. The minimum absolute atomic E-state index is 0.279. The van der Waals surface area contributed by atoms with E-state index in [4.69, 9.17) is 10.00 Å². The molecule has 0 bridgehead atoms. The van der Waals surface area contributed by atoms with Gasteiger partial charge in [0, 0.05) is 36.7 Å². The van der Waals surface area contributed by atoms with Crippen molar-refractivity contribution < 1.29 is 4.74 Å². The van der Waals surface area contributed by atoms with Gasteiger partial charge in [-0.15, -0.1) is 0 Å². The first-order valence-corrected chi connectivity index (χ1v) is 9.27. The van der Waals surface area contributed by atoms with Gasteiger partial charge in [-0.05, 0) is 33.0 Å². The van der Waals surface area contributed by atoms with Gasteiger partial charge in [-0.2, -0.15) is 5.26 Å². The summed E-state index contributed by atoms with van der Waals surface area (Å²) in [5, 5.41) is 15.6. The Morgan fingerprint density at radius 1 is 1.21 bits per heavy atom. The number of methoxy groups -OCH3 is 1. The molecule has 2 N–H and O–H groups in total. The quantitative estimate of drug-likeness (QED) is 0.757. The van der Waals surface area contributed by atoms with Crippen LogP contribution >= 0.6 is 0 Å². The zero-order valence-electron chi connectivity index (χ0n) is 16.2. The molecule has 3 heterocycles. The maximum absolute atomic E-state index is 8.83. The molecule has 3 rings (SSSR count). The van der Waals surface area contributed by atoms with Crippen LogP contribution in [0.1, 0.15) is 24.1 Å². The van der Waals surface area contributed by atoms with Crippen LogP contribution in [0.25, 0.3) is 6.08 Å². The molecule has 1 saturated heterocycles. The van der Waals surface area contributed by atoms with Crippen LogP contribution < -0.4 is 10.6 Å². The summed E-state index contributed by atoms with van der Waals surface area (Å²) in [6, 6.07) is 4.36. The van der Waals surface area contributed by atoms with Gasteiger partial charge in [-0.1, -0.05) is 12.2 Å². The van der Waals surface area contributed by atoms with Crippen molar-refractivity contribution in [2.45, 2.75) is 18.9 Å². The Morgan fingerprint density at radius 2 is 2.00 bits per heavy atom. The van der Waals surface area contributed by atoms with Gasteiger partial charge < -0.3 is 20.3 Å². The van der Waals surface area contributed by atoms with Gasteiger partial charge in [0.05, 0.1) is 19.0 Å². The molecule has 0 radical (unpaired) electrons. The lowest BCUT2D eigenvalue weighted by molar-refractivity contribution is 0.234. The third-order valence-corrected chi connectivity index (χ3v) is 4.60. The van der Waals surface area contributed by atoms with Crippen molar-refractivity contribution in [3.63, 3.8) is 0 Å². The number of nitriles is 1. The first-order valence-electron chi connectivity index (χ1n) is 9.27. The second-order valence-corrected chi connectivity index (χ2v) is 6.76. The zero-order valence-corrected chi connectivity index (χ0v) is 16.2. The van der Waals surface area contributed by atoms with Crippen molar-refractivity contribution in [3.8, 4) is 6.07 Å². The third-order valence-electron chi connectivity index (χ3n) is 4.60. The number of likely N-dealkylation sites (tertiary alicyclic amines) is 1. The van der Waals surface area contributed by atoms with Crippen molar-refractivity contribution in [3.05, 3.63) is 42.0 Å². The molecule has 1 fully saturated rings. The number of pyridine rings is 1. The molecule has 0 aromatic carbocycles. The fraction of sp³-hybridized carbons (Fsp3) is 0.400. The normalized spacial score (nSPS) is 15.5. The van der Waals surface area contributed by atoms with E-state index in [-0.39, 0.29) is 5.69 Å². The summed E-state index contributed by atoms with van der Waals surface area (Å²) >= 11 is 0. The number of anilines is 3. The molecule has 8 heteroatoms. The third kappa shape index (κ3) is 5.49. The summed E-state index contributed by atoms with van der Waals surface area (Å²) in [7, 11) is 3.83. The van der Waals surface area contributed by atoms with E-state index >= 15 is 0 Å². The number of piperidine rings is 1. The van der Waals surface area contributed by atoms with Crippen molar-refractivity contribution in [1.29, 1.82) is 5.26 Å². The van der Waals surface area contributed by atoms with Gasteiger partial charge in [0.1, 0.15) is 17.7 Å². The van der Waals surface area contributed by atoms with E-state index in [9.17, 15) is 0 Å². The first kappa shape index (κ1) is 19.7. The van der Waals surface area contributed by atoms with Crippen LogP contribution in [0, 0.1) is 11.3 Å². The molecule has 0 aliphatic carbocycles. The molecule has 2 aromatic rings. The molecule has 0 spiro atoms. The first-order chi connectivity index (χ1) is 13.7. The summed E-state index contributed by atoms with van der Waals surface area (Å²) < 4.78 is 5.10. The van der Waals surface area contributed by atoms with E-state index in [0.29, 0.717) is 24.3 Å². The Balaban J connectivity index is 1.78. The Labute approximate surface area is 165 Å². The number of nitrogens with zero attached hydrogens (tertiary/aromatic N) is 5. The average molecular weight is 379 g/mol. The molecule has 8 nitrogen and oxygen atoms in total. The van der Waals surface area contributed by atoms with Crippen molar-refractivity contribution >= 4 is 23.4 Å². The average Bonchev–Trinajstić information content (AvgIpc) is 2.72. The summed E-state index contributed by atoms with van der Waals surface area (Å²) in [5.41, 5.74) is 2.30. The van der Waals surface area contributed by atoms with E-state index in [1.165, 1.54) is 12.4 Å². The molecule has 28 heavy (non-hydrogen) atoms. The predicted octanol–water partition coefficient (Wildman–Crippen LogP) is 2.65. The molecule has 2 aromatic heterocycles. The molecule has 1 aliphatic rings. The van der Waals surface area contributed by atoms with E-state index < -0.39 is 0 Å². The van der Waals surface area contributed by atoms with E-state index in [1.54, 1.807) is 7.11 Å². The monoisotopic (exact) mass is 379 g/mol. The SMILES string of the molecule is COCC=Cc1cnc(Nc2cnc(C#N)cn2)cc1NC1CCN(C)CC1. The summed E-state index contributed by atoms with van der Waals surface area (Å²) in [4.78, 5) is 15.0. The number of hydrogen-bond acceptors (Lipinski definition) is 8. The largest absolute Gasteiger partial charge is 0.382 e. The number of ether oxygens (including phenoxy) is 1. The van der Waals surface area contributed by atoms with E-state index in [1.807, 2.05) is 30.5 Å². The number of hydrogen-bond donors (Lipinski definition) is 2. The highest BCUT2D eigenvalue weighted by atomic mass is 16.5. The van der Waals surface area contributed by atoms with E-state index in [0.717, 1.165) is 37.2 Å². The molecule has 1 aliphatic heterocycles. The Morgan fingerprint density at radius 3 is 2.68 bits per heavy atom. The molecule has 0 saturated carbocycles. The number of rotatable bonds is 7.